The van der Waals surface area contributed by atoms with Crippen LogP contribution < -0.4 is 5.32 Å². The van der Waals surface area contributed by atoms with E-state index in [9.17, 15) is 14.7 Å². The highest BCUT2D eigenvalue weighted by molar-refractivity contribution is 6.02. The lowest BCUT2D eigenvalue weighted by atomic mass is 9.78. The predicted octanol–water partition coefficient (Wildman–Crippen LogP) is 3.30. The molecule has 0 radical (unpaired) electrons. The molecule has 0 aliphatic carbocycles. The lowest BCUT2D eigenvalue weighted by Crippen LogP contribution is -2.18. The third-order valence-corrected chi connectivity index (χ3v) is 3.84. The molecule has 2 aromatic rings. The number of carboxylic acid groups (broad SMARTS) is 1. The van der Waals surface area contributed by atoms with E-state index in [0.717, 1.165) is 23.3 Å². The Balaban J connectivity index is 2.15. The normalized spacial score (nSPS) is 11.4. The third kappa shape index (κ3) is 4.23. The van der Waals surface area contributed by atoms with E-state index < -0.39 is 11.9 Å². The van der Waals surface area contributed by atoms with Crippen molar-refractivity contribution in [2.24, 2.45) is 0 Å². The van der Waals surface area contributed by atoms with Gasteiger partial charge in [0.05, 0.1) is 0 Å². The van der Waals surface area contributed by atoms with Crippen molar-refractivity contribution in [1.29, 1.82) is 0 Å². The molecule has 0 saturated carbocycles. The number of carboxylic acids is 1. The van der Waals surface area contributed by atoms with Gasteiger partial charge in [-0.1, -0.05) is 38.1 Å². The fourth-order valence-corrected chi connectivity index (χ4v) is 2.35. The number of carbonyl (C=O) groups excluding carboxylic acids is 1. The molecule has 0 heterocycles. The monoisotopic (exact) mass is 325 g/mol. The summed E-state index contributed by atoms with van der Waals surface area (Å²) in [5.74, 6) is -1.44. The highest BCUT2D eigenvalue weighted by Crippen LogP contribution is 2.32. The average molecular weight is 325 g/mol. The Kier molecular flexibility index (Phi) is 5.04. The number of hydrogen-bond donors (Lipinski definition) is 3. The van der Waals surface area contributed by atoms with Crippen LogP contribution in [0.1, 0.15) is 25.0 Å². The van der Waals surface area contributed by atoms with Gasteiger partial charge >= 0.3 is 5.97 Å². The number of nitrogens with one attached hydrogen (secondary N) is 1. The molecule has 24 heavy (non-hydrogen) atoms. The number of rotatable bonds is 5. The largest absolute Gasteiger partial charge is 0.508 e. The molecule has 0 atom stereocenters. The Morgan fingerprint density at radius 1 is 0.917 bits per heavy atom. The van der Waals surface area contributed by atoms with Crippen LogP contribution in [0.25, 0.3) is 0 Å². The Hall–Kier alpha value is -3.08. The number of anilines is 1. The van der Waals surface area contributed by atoms with Gasteiger partial charge in [0.2, 0.25) is 5.91 Å². The fraction of sp³-hybridized carbons (Fsp3) is 0.158. The van der Waals surface area contributed by atoms with Crippen molar-refractivity contribution < 1.29 is 19.8 Å². The van der Waals surface area contributed by atoms with Crippen molar-refractivity contribution in [3.8, 4) is 5.75 Å². The molecular weight excluding hydrogens is 306 g/mol. The maximum atomic E-state index is 11.6. The first kappa shape index (κ1) is 17.3. The Bertz CT molecular complexity index is 759. The van der Waals surface area contributed by atoms with E-state index in [-0.39, 0.29) is 11.2 Å². The molecule has 0 saturated heterocycles. The molecule has 5 nitrogen and oxygen atoms in total. The van der Waals surface area contributed by atoms with Crippen molar-refractivity contribution in [1.82, 2.24) is 0 Å². The molecule has 3 N–H and O–H groups in total. The van der Waals surface area contributed by atoms with Crippen molar-refractivity contribution in [2.75, 3.05) is 5.32 Å². The molecule has 0 aliphatic heterocycles. The minimum absolute atomic E-state index is 0.224. The van der Waals surface area contributed by atoms with E-state index in [2.05, 4.69) is 19.2 Å². The van der Waals surface area contributed by atoms with Gasteiger partial charge in [0, 0.05) is 23.3 Å². The van der Waals surface area contributed by atoms with Crippen LogP contribution >= 0.6 is 0 Å². The number of hydrogen-bond acceptors (Lipinski definition) is 3. The zero-order chi connectivity index (χ0) is 17.7. The van der Waals surface area contributed by atoms with Crippen LogP contribution in [-0.2, 0) is 15.0 Å². The topological polar surface area (TPSA) is 86.6 Å². The number of phenols is 1. The second-order valence-corrected chi connectivity index (χ2v) is 5.91. The smallest absolute Gasteiger partial charge is 0.328 e. The van der Waals surface area contributed by atoms with E-state index >= 15 is 0 Å². The van der Waals surface area contributed by atoms with Crippen molar-refractivity contribution in [3.63, 3.8) is 0 Å². The zero-order valence-electron chi connectivity index (χ0n) is 13.5. The molecule has 0 fully saturated rings. The van der Waals surface area contributed by atoms with Gasteiger partial charge in [0.25, 0.3) is 0 Å². The highest BCUT2D eigenvalue weighted by Gasteiger charge is 2.22. The number of carbonyl (C=O) groups is 2. The standard InChI is InChI=1S/C19H19NO4/c1-19(2,14-5-9-16(21)10-6-14)13-3-7-15(8-4-13)20-17(22)11-12-18(23)24/h3-12,21H,1-2H3,(H,20,22)(H,23,24). The van der Waals surface area contributed by atoms with E-state index in [0.29, 0.717) is 5.69 Å². The number of benzene rings is 2. The molecule has 2 rings (SSSR count). The summed E-state index contributed by atoms with van der Waals surface area (Å²) in [6, 6.07) is 14.4. The second-order valence-electron chi connectivity index (χ2n) is 5.91. The van der Waals surface area contributed by atoms with Crippen LogP contribution in [-0.4, -0.2) is 22.1 Å². The lowest BCUT2D eigenvalue weighted by molar-refractivity contribution is -0.131. The molecular formula is C19H19NO4. The maximum absolute atomic E-state index is 11.6. The van der Waals surface area contributed by atoms with Crippen molar-refractivity contribution in [2.45, 2.75) is 19.3 Å². The van der Waals surface area contributed by atoms with Gasteiger partial charge in [-0.25, -0.2) is 4.79 Å². The molecule has 0 bridgehead atoms. The van der Waals surface area contributed by atoms with Crippen LogP contribution in [0.5, 0.6) is 5.75 Å². The van der Waals surface area contributed by atoms with Crippen LogP contribution in [0.3, 0.4) is 0 Å². The van der Waals surface area contributed by atoms with E-state index in [4.69, 9.17) is 5.11 Å². The fourth-order valence-electron chi connectivity index (χ4n) is 2.35. The van der Waals surface area contributed by atoms with E-state index in [1.165, 1.54) is 0 Å². The number of aliphatic carboxylic acids is 1. The first-order valence-corrected chi connectivity index (χ1v) is 7.41. The van der Waals surface area contributed by atoms with Gasteiger partial charge in [-0.3, -0.25) is 4.79 Å². The number of aromatic hydroxyl groups is 1. The van der Waals surface area contributed by atoms with Gasteiger partial charge in [0.15, 0.2) is 0 Å². The van der Waals surface area contributed by atoms with Gasteiger partial charge in [-0.2, -0.15) is 0 Å². The Labute approximate surface area is 140 Å². The van der Waals surface area contributed by atoms with Crippen LogP contribution in [0.4, 0.5) is 5.69 Å². The molecule has 1 amide bonds. The first-order valence-electron chi connectivity index (χ1n) is 7.41. The molecule has 0 spiro atoms. The van der Waals surface area contributed by atoms with Crippen molar-refractivity contribution >= 4 is 17.6 Å². The summed E-state index contributed by atoms with van der Waals surface area (Å²) in [6.45, 7) is 4.14. The summed E-state index contributed by atoms with van der Waals surface area (Å²) in [5, 5.41) is 20.5. The molecule has 2 aromatic carbocycles. The summed E-state index contributed by atoms with van der Waals surface area (Å²) >= 11 is 0. The highest BCUT2D eigenvalue weighted by atomic mass is 16.4. The van der Waals surface area contributed by atoms with E-state index in [1.807, 2.05) is 24.3 Å². The summed E-state index contributed by atoms with van der Waals surface area (Å²) in [6.07, 6.45) is 1.76. The van der Waals surface area contributed by atoms with Crippen LogP contribution in [0.15, 0.2) is 60.7 Å². The molecule has 124 valence electrons. The summed E-state index contributed by atoms with van der Waals surface area (Å²) in [5.41, 5.74) is 2.42. The average Bonchev–Trinajstić information content (AvgIpc) is 2.54. The second kappa shape index (κ2) is 7.00. The molecule has 0 unspecified atom stereocenters. The van der Waals surface area contributed by atoms with Gasteiger partial charge < -0.3 is 15.5 Å². The van der Waals surface area contributed by atoms with Crippen LogP contribution in [0, 0.1) is 0 Å². The first-order chi connectivity index (χ1) is 11.3. The quantitative estimate of drug-likeness (QED) is 0.736. The van der Waals surface area contributed by atoms with Crippen molar-refractivity contribution in [3.05, 3.63) is 71.8 Å². The molecule has 0 aromatic heterocycles. The number of phenolic OH excluding ortho intramolecular Hbond substituents is 1. The van der Waals surface area contributed by atoms with Gasteiger partial charge in [-0.05, 0) is 35.4 Å². The Morgan fingerprint density at radius 3 is 1.92 bits per heavy atom. The maximum Gasteiger partial charge on any atom is 0.328 e. The molecule has 0 aliphatic rings. The minimum atomic E-state index is -1.17. The summed E-state index contributed by atoms with van der Waals surface area (Å²) in [7, 11) is 0. The predicted molar refractivity (Wildman–Crippen MR) is 92.1 cm³/mol. The summed E-state index contributed by atoms with van der Waals surface area (Å²) < 4.78 is 0. The molecule has 5 heteroatoms. The van der Waals surface area contributed by atoms with Crippen LogP contribution in [0.2, 0.25) is 0 Å². The minimum Gasteiger partial charge on any atom is -0.508 e. The van der Waals surface area contributed by atoms with E-state index in [1.54, 1.807) is 24.3 Å². The summed E-state index contributed by atoms with van der Waals surface area (Å²) in [4.78, 5) is 22.0. The third-order valence-electron chi connectivity index (χ3n) is 3.84. The number of amides is 1. The Morgan fingerprint density at radius 2 is 1.42 bits per heavy atom. The SMILES string of the molecule is CC(C)(c1ccc(O)cc1)c1ccc(NC(=O)C=CC(=O)O)cc1. The van der Waals surface area contributed by atoms with Gasteiger partial charge in [0.1, 0.15) is 5.75 Å². The lowest BCUT2D eigenvalue weighted by Gasteiger charge is -2.26. The van der Waals surface area contributed by atoms with Gasteiger partial charge in [-0.15, -0.1) is 0 Å². The zero-order valence-corrected chi connectivity index (χ0v) is 13.5.